The third-order valence-electron chi connectivity index (χ3n) is 1.04. The van der Waals surface area contributed by atoms with Crippen molar-refractivity contribution in [3.05, 3.63) is 0 Å². The van der Waals surface area contributed by atoms with E-state index in [9.17, 15) is 8.42 Å². The first-order chi connectivity index (χ1) is 5.04. The Bertz CT molecular complexity index is 195. The van der Waals surface area contributed by atoms with Gasteiger partial charge in [-0.25, -0.2) is 8.42 Å². The molecule has 0 fully saturated rings. The second kappa shape index (κ2) is 5.55. The number of nitrogens with zero attached hydrogens (tertiary/aromatic N) is 1. The van der Waals surface area contributed by atoms with E-state index in [-0.39, 0.29) is 11.6 Å². The van der Waals surface area contributed by atoms with Crippen LogP contribution in [0.15, 0.2) is 0 Å². The Morgan fingerprint density at radius 1 is 1.55 bits per heavy atom. The molecular weight excluding hydrogens is 300 g/mol. The minimum Gasteiger partial charge on any atom is -0.211 e. The summed E-state index contributed by atoms with van der Waals surface area (Å²) in [6, 6.07) is 0. The Hall–Kier alpha value is 0.930. The molecule has 0 aliphatic carbocycles. The van der Waals surface area contributed by atoms with Crippen LogP contribution < -0.4 is 0 Å². The number of sulfonamides is 1. The van der Waals surface area contributed by atoms with Gasteiger partial charge >= 0.3 is 0 Å². The fourth-order valence-corrected chi connectivity index (χ4v) is 3.02. The van der Waals surface area contributed by atoms with Gasteiger partial charge in [0.05, 0.1) is 5.75 Å². The van der Waals surface area contributed by atoms with Gasteiger partial charge in [0, 0.05) is 35.3 Å². The molecule has 0 aliphatic heterocycles. The second-order valence-corrected chi connectivity index (χ2v) is 6.23. The smallest absolute Gasteiger partial charge is 0.211 e. The summed E-state index contributed by atoms with van der Waals surface area (Å²) in [6.07, 6.45) is 0.824. The molecular formula is C5H11ClINO2S. The lowest BCUT2D eigenvalue weighted by atomic mass is 10.5. The minimum atomic E-state index is -3.08. The molecule has 0 saturated heterocycles. The number of rotatable bonds is 5. The summed E-state index contributed by atoms with van der Waals surface area (Å²) in [4.78, 5) is 0. The third-order valence-corrected chi connectivity index (χ3v) is 5.24. The van der Waals surface area contributed by atoms with Crippen LogP contribution in [0.3, 0.4) is 0 Å². The molecule has 0 aromatic carbocycles. The molecule has 6 heteroatoms. The number of hydrogen-bond acceptors (Lipinski definition) is 2. The molecule has 0 atom stereocenters. The van der Waals surface area contributed by atoms with Crippen molar-refractivity contribution in [1.82, 2.24) is 2.52 Å². The Kier molecular flexibility index (Phi) is 6.02. The first kappa shape index (κ1) is 11.9. The van der Waals surface area contributed by atoms with E-state index in [1.165, 1.54) is 2.52 Å². The van der Waals surface area contributed by atoms with Crippen LogP contribution >= 0.6 is 34.5 Å². The molecule has 0 aromatic rings. The van der Waals surface area contributed by atoms with Crippen LogP contribution in [0, 0.1) is 0 Å². The lowest BCUT2D eigenvalue weighted by molar-refractivity contribution is 0.552. The van der Waals surface area contributed by atoms with Crippen LogP contribution in [0.25, 0.3) is 0 Å². The summed E-state index contributed by atoms with van der Waals surface area (Å²) in [6.45, 7) is 2.49. The van der Waals surface area contributed by atoms with Crippen molar-refractivity contribution >= 4 is 44.5 Å². The Balaban J connectivity index is 4.07. The van der Waals surface area contributed by atoms with E-state index >= 15 is 0 Å². The molecule has 0 spiro atoms. The molecule has 0 amide bonds. The average Bonchev–Trinajstić information content (AvgIpc) is 1.88. The molecule has 0 radical (unpaired) electrons. The molecule has 0 unspecified atom stereocenters. The van der Waals surface area contributed by atoms with Crippen molar-refractivity contribution in [2.45, 2.75) is 13.3 Å². The van der Waals surface area contributed by atoms with Crippen LogP contribution in [0.2, 0.25) is 0 Å². The zero-order chi connectivity index (χ0) is 8.91. The number of alkyl halides is 1. The molecule has 0 heterocycles. The van der Waals surface area contributed by atoms with Crippen molar-refractivity contribution in [2.24, 2.45) is 0 Å². The Labute approximate surface area is 86.6 Å². The van der Waals surface area contributed by atoms with Crippen LogP contribution in [-0.2, 0) is 10.0 Å². The van der Waals surface area contributed by atoms with Gasteiger partial charge in [-0.1, -0.05) is 6.92 Å². The molecule has 11 heavy (non-hydrogen) atoms. The van der Waals surface area contributed by atoms with Gasteiger partial charge in [-0.2, -0.15) is 0 Å². The maximum absolute atomic E-state index is 11.2. The third kappa shape index (κ3) is 4.49. The van der Waals surface area contributed by atoms with Crippen LogP contribution in [0.1, 0.15) is 13.3 Å². The quantitative estimate of drug-likeness (QED) is 0.439. The molecule has 0 bridgehead atoms. The topological polar surface area (TPSA) is 37.4 Å². The van der Waals surface area contributed by atoms with Crippen LogP contribution in [-0.4, -0.2) is 29.1 Å². The predicted octanol–water partition coefficient (Wildman–Crippen LogP) is 1.62. The van der Waals surface area contributed by atoms with Gasteiger partial charge in [-0.3, -0.25) is 0 Å². The van der Waals surface area contributed by atoms with Gasteiger partial charge in [0.15, 0.2) is 0 Å². The van der Waals surface area contributed by atoms with E-state index in [2.05, 4.69) is 0 Å². The molecule has 3 nitrogen and oxygen atoms in total. The molecule has 0 rings (SSSR count). The monoisotopic (exact) mass is 311 g/mol. The van der Waals surface area contributed by atoms with Gasteiger partial charge in [0.1, 0.15) is 0 Å². The maximum atomic E-state index is 11.2. The normalized spacial score (nSPS) is 12.4. The highest BCUT2D eigenvalue weighted by Crippen LogP contribution is 2.09. The van der Waals surface area contributed by atoms with Crippen molar-refractivity contribution in [3.63, 3.8) is 0 Å². The maximum Gasteiger partial charge on any atom is 0.223 e. The molecule has 68 valence electrons. The lowest BCUT2D eigenvalue weighted by Crippen LogP contribution is -2.25. The van der Waals surface area contributed by atoms with Crippen molar-refractivity contribution < 1.29 is 8.42 Å². The average molecular weight is 312 g/mol. The Morgan fingerprint density at radius 3 is 2.45 bits per heavy atom. The van der Waals surface area contributed by atoms with E-state index in [4.69, 9.17) is 11.6 Å². The van der Waals surface area contributed by atoms with Crippen LogP contribution in [0.4, 0.5) is 0 Å². The van der Waals surface area contributed by atoms with Gasteiger partial charge in [0.2, 0.25) is 10.0 Å². The fourth-order valence-electron chi connectivity index (χ4n) is 0.511. The van der Waals surface area contributed by atoms with E-state index in [1.807, 2.05) is 6.92 Å². The van der Waals surface area contributed by atoms with E-state index < -0.39 is 10.0 Å². The minimum absolute atomic E-state index is 0.0253. The summed E-state index contributed by atoms with van der Waals surface area (Å²) in [5.41, 5.74) is 0. The predicted molar refractivity (Wildman–Crippen MR) is 55.5 cm³/mol. The molecule has 0 aromatic heterocycles. The first-order valence-corrected chi connectivity index (χ1v) is 6.37. The summed E-state index contributed by atoms with van der Waals surface area (Å²) in [5, 5.41) is 0. The van der Waals surface area contributed by atoms with Gasteiger partial charge in [-0.05, 0) is 6.42 Å². The first-order valence-electron chi connectivity index (χ1n) is 3.26. The molecule has 0 N–H and O–H groups in total. The van der Waals surface area contributed by atoms with Gasteiger partial charge < -0.3 is 0 Å². The summed E-state index contributed by atoms with van der Waals surface area (Å²) < 4.78 is 23.6. The van der Waals surface area contributed by atoms with Crippen molar-refractivity contribution in [3.8, 4) is 0 Å². The largest absolute Gasteiger partial charge is 0.223 e. The SMILES string of the molecule is CCCN(I)S(=O)(=O)CCCl. The molecule has 0 aliphatic rings. The number of halogens is 2. The summed E-state index contributed by atoms with van der Waals surface area (Å²) >= 11 is 7.12. The van der Waals surface area contributed by atoms with Gasteiger partial charge in [-0.15, -0.1) is 14.1 Å². The highest BCUT2D eigenvalue weighted by atomic mass is 127. The zero-order valence-electron chi connectivity index (χ0n) is 6.26. The fraction of sp³-hybridized carbons (Fsp3) is 1.00. The Morgan fingerprint density at radius 2 is 2.09 bits per heavy atom. The summed E-state index contributed by atoms with van der Waals surface area (Å²) in [5.74, 6) is 0.184. The second-order valence-electron chi connectivity index (χ2n) is 2.02. The van der Waals surface area contributed by atoms with E-state index in [0.717, 1.165) is 6.42 Å². The van der Waals surface area contributed by atoms with E-state index in [1.54, 1.807) is 22.9 Å². The highest BCUT2D eigenvalue weighted by molar-refractivity contribution is 14.1. The van der Waals surface area contributed by atoms with Crippen molar-refractivity contribution in [1.29, 1.82) is 0 Å². The lowest BCUT2D eigenvalue weighted by Gasteiger charge is -2.11. The zero-order valence-corrected chi connectivity index (χ0v) is 9.99. The number of hydrogen-bond donors (Lipinski definition) is 0. The van der Waals surface area contributed by atoms with Crippen LogP contribution in [0.5, 0.6) is 0 Å². The van der Waals surface area contributed by atoms with Gasteiger partial charge in [0.25, 0.3) is 0 Å². The highest BCUT2D eigenvalue weighted by Gasteiger charge is 2.16. The standard InChI is InChI=1S/C5H11ClINO2S/c1-2-4-8(7)11(9,10)5-3-6/h2-5H2,1H3. The summed E-state index contributed by atoms with van der Waals surface area (Å²) in [7, 11) is -3.08. The molecule has 0 saturated carbocycles. The van der Waals surface area contributed by atoms with Crippen molar-refractivity contribution in [2.75, 3.05) is 18.2 Å². The van der Waals surface area contributed by atoms with E-state index in [0.29, 0.717) is 6.54 Å².